The van der Waals surface area contributed by atoms with Crippen LogP contribution >= 0.6 is 24.0 Å². The van der Waals surface area contributed by atoms with Gasteiger partial charge < -0.3 is 21.1 Å². The van der Waals surface area contributed by atoms with Gasteiger partial charge in [-0.25, -0.2) is 4.99 Å². The monoisotopic (exact) mass is 515 g/mol. The second-order valence-corrected chi connectivity index (χ2v) is 7.55. The van der Waals surface area contributed by atoms with Gasteiger partial charge in [-0.2, -0.15) is 0 Å². The Hall–Kier alpha value is -1.39. The quantitative estimate of drug-likeness (QED) is 0.280. The minimum absolute atomic E-state index is 0. The van der Waals surface area contributed by atoms with Crippen LogP contribution in [0, 0.1) is 0 Å². The van der Waals surface area contributed by atoms with Gasteiger partial charge in [0.1, 0.15) is 0 Å². The molecule has 4 N–H and O–H groups in total. The number of nitrogens with one attached hydrogen (secondary N) is 2. The number of amides is 1. The first-order valence-corrected chi connectivity index (χ1v) is 10.4. The van der Waals surface area contributed by atoms with Crippen LogP contribution in [0.5, 0.6) is 0 Å². The van der Waals surface area contributed by atoms with Crippen LogP contribution in [0.15, 0.2) is 29.3 Å². The van der Waals surface area contributed by atoms with Crippen molar-refractivity contribution in [1.82, 2.24) is 15.5 Å². The molecule has 2 fully saturated rings. The van der Waals surface area contributed by atoms with Gasteiger partial charge in [-0.05, 0) is 56.5 Å². The number of aliphatic imine (C=N–C) groups is 1. The Labute approximate surface area is 190 Å². The molecule has 8 heteroatoms. The fraction of sp³-hybridized carbons (Fsp3) is 0.619. The summed E-state index contributed by atoms with van der Waals surface area (Å²) in [4.78, 5) is 19.3. The molecule has 29 heavy (non-hydrogen) atoms. The van der Waals surface area contributed by atoms with E-state index in [0.717, 1.165) is 38.1 Å². The maximum Gasteiger partial charge on any atom is 0.251 e. The highest BCUT2D eigenvalue weighted by Crippen LogP contribution is 2.15. The molecule has 0 saturated carbocycles. The smallest absolute Gasteiger partial charge is 0.251 e. The molecule has 1 amide bonds. The van der Waals surface area contributed by atoms with Crippen LogP contribution in [0.2, 0.25) is 0 Å². The summed E-state index contributed by atoms with van der Waals surface area (Å²) >= 11 is 0. The molecule has 2 aliphatic rings. The van der Waals surface area contributed by atoms with Gasteiger partial charge in [-0.1, -0.05) is 19.1 Å². The molecule has 0 bridgehead atoms. The van der Waals surface area contributed by atoms with Gasteiger partial charge in [-0.3, -0.25) is 9.69 Å². The Bertz CT molecular complexity index is 679. The second kappa shape index (κ2) is 12.3. The van der Waals surface area contributed by atoms with Crippen LogP contribution in [0.1, 0.15) is 48.5 Å². The first-order chi connectivity index (χ1) is 13.7. The average molecular weight is 515 g/mol. The zero-order chi connectivity index (χ0) is 19.8. The number of hydrogen-bond donors (Lipinski definition) is 3. The van der Waals surface area contributed by atoms with Gasteiger partial charge in [0.15, 0.2) is 5.96 Å². The number of nitrogens with two attached hydrogens (primary N) is 1. The molecule has 2 heterocycles. The highest BCUT2D eigenvalue weighted by Gasteiger charge is 2.22. The first kappa shape index (κ1) is 23.9. The lowest BCUT2D eigenvalue weighted by molar-refractivity contribution is 0.0857. The lowest BCUT2D eigenvalue weighted by Gasteiger charge is -2.23. The van der Waals surface area contributed by atoms with E-state index >= 15 is 0 Å². The molecule has 1 aromatic rings. The number of carbonyl (C=O) groups is 1. The molecule has 0 spiro atoms. The maximum absolute atomic E-state index is 12.4. The van der Waals surface area contributed by atoms with Gasteiger partial charge in [0, 0.05) is 31.3 Å². The third kappa shape index (κ3) is 7.42. The molecular weight excluding hydrogens is 481 g/mol. The van der Waals surface area contributed by atoms with Crippen LogP contribution < -0.4 is 16.4 Å². The molecular formula is C21H34IN5O2. The zero-order valence-electron chi connectivity index (χ0n) is 17.2. The summed E-state index contributed by atoms with van der Waals surface area (Å²) in [6, 6.07) is 8.07. The number of halogens is 1. The largest absolute Gasteiger partial charge is 0.376 e. The van der Waals surface area contributed by atoms with Crippen molar-refractivity contribution in [3.63, 3.8) is 0 Å². The van der Waals surface area contributed by atoms with Crippen molar-refractivity contribution in [1.29, 1.82) is 0 Å². The minimum atomic E-state index is -0.0756. The highest BCUT2D eigenvalue weighted by atomic mass is 127. The summed E-state index contributed by atoms with van der Waals surface area (Å²) < 4.78 is 5.55. The summed E-state index contributed by atoms with van der Waals surface area (Å²) in [7, 11) is 0. The van der Waals surface area contributed by atoms with E-state index in [1.54, 1.807) is 0 Å². The van der Waals surface area contributed by atoms with E-state index < -0.39 is 0 Å². The summed E-state index contributed by atoms with van der Waals surface area (Å²) in [5.41, 5.74) is 7.63. The lowest BCUT2D eigenvalue weighted by atomic mass is 10.1. The normalized spacial score (nSPS) is 22.3. The predicted molar refractivity (Wildman–Crippen MR) is 127 cm³/mol. The number of likely N-dealkylation sites (tertiary alicyclic amines) is 1. The van der Waals surface area contributed by atoms with Crippen molar-refractivity contribution in [2.75, 3.05) is 32.8 Å². The summed E-state index contributed by atoms with van der Waals surface area (Å²) in [6.07, 6.45) is 4.68. The van der Waals surface area contributed by atoms with Crippen molar-refractivity contribution in [3.8, 4) is 0 Å². The molecule has 0 aromatic heterocycles. The van der Waals surface area contributed by atoms with E-state index in [4.69, 9.17) is 10.5 Å². The number of guanidine groups is 1. The van der Waals surface area contributed by atoms with Gasteiger partial charge in [0.05, 0.1) is 12.6 Å². The van der Waals surface area contributed by atoms with Gasteiger partial charge in [0.25, 0.3) is 5.91 Å². The fourth-order valence-corrected chi connectivity index (χ4v) is 3.92. The van der Waals surface area contributed by atoms with Crippen LogP contribution in [0.25, 0.3) is 0 Å². The van der Waals surface area contributed by atoms with E-state index in [1.807, 2.05) is 24.3 Å². The Morgan fingerprint density at radius 2 is 2.14 bits per heavy atom. The highest BCUT2D eigenvalue weighted by molar-refractivity contribution is 14.0. The molecule has 2 unspecified atom stereocenters. The number of hydrogen-bond acceptors (Lipinski definition) is 4. The topological polar surface area (TPSA) is 92.0 Å². The summed E-state index contributed by atoms with van der Waals surface area (Å²) in [5.74, 6) is 0.379. The van der Waals surface area contributed by atoms with Gasteiger partial charge in [-0.15, -0.1) is 24.0 Å². The predicted octanol–water partition coefficient (Wildman–Crippen LogP) is 2.10. The Balaban J connectivity index is 0.00000300. The molecule has 2 atom stereocenters. The first-order valence-electron chi connectivity index (χ1n) is 10.4. The SMILES string of the molecule is CCN1CCCC1CNC(N)=NCc1cccc(C(=O)NCC2CCCO2)c1.I. The van der Waals surface area contributed by atoms with Crippen molar-refractivity contribution in [2.45, 2.75) is 51.3 Å². The van der Waals surface area contributed by atoms with E-state index in [-0.39, 0.29) is 36.0 Å². The Morgan fingerprint density at radius 1 is 1.28 bits per heavy atom. The number of benzene rings is 1. The summed E-state index contributed by atoms with van der Waals surface area (Å²) in [5, 5.41) is 6.19. The maximum atomic E-state index is 12.4. The van der Waals surface area contributed by atoms with Crippen molar-refractivity contribution in [2.24, 2.45) is 10.7 Å². The number of ether oxygens (including phenoxy) is 1. The van der Waals surface area contributed by atoms with Crippen molar-refractivity contribution < 1.29 is 9.53 Å². The van der Waals surface area contributed by atoms with Crippen molar-refractivity contribution >= 4 is 35.8 Å². The molecule has 0 aliphatic carbocycles. The fourth-order valence-electron chi connectivity index (χ4n) is 3.92. The molecule has 2 aliphatic heterocycles. The molecule has 7 nitrogen and oxygen atoms in total. The molecule has 162 valence electrons. The second-order valence-electron chi connectivity index (χ2n) is 7.55. The number of rotatable bonds is 8. The number of carbonyl (C=O) groups excluding carboxylic acids is 1. The Kier molecular flexibility index (Phi) is 10.2. The molecule has 3 rings (SSSR count). The number of likely N-dealkylation sites (N-methyl/N-ethyl adjacent to an activating group) is 1. The molecule has 0 radical (unpaired) electrons. The van der Waals surface area contributed by atoms with Crippen molar-refractivity contribution in [3.05, 3.63) is 35.4 Å². The Morgan fingerprint density at radius 3 is 2.90 bits per heavy atom. The van der Waals surface area contributed by atoms with E-state index in [0.29, 0.717) is 30.7 Å². The summed E-state index contributed by atoms with van der Waals surface area (Å²) in [6.45, 7) is 7.07. The zero-order valence-corrected chi connectivity index (χ0v) is 19.6. The number of nitrogens with zero attached hydrogens (tertiary/aromatic N) is 2. The van der Waals surface area contributed by atoms with Crippen LogP contribution in [-0.4, -0.2) is 61.7 Å². The lowest BCUT2D eigenvalue weighted by Crippen LogP contribution is -2.42. The van der Waals surface area contributed by atoms with E-state index in [9.17, 15) is 4.79 Å². The van der Waals surface area contributed by atoms with Crippen LogP contribution in [-0.2, 0) is 11.3 Å². The molecule has 2 saturated heterocycles. The average Bonchev–Trinajstić information content (AvgIpc) is 3.40. The third-order valence-corrected chi connectivity index (χ3v) is 5.56. The van der Waals surface area contributed by atoms with E-state index in [1.165, 1.54) is 19.4 Å². The van der Waals surface area contributed by atoms with Crippen LogP contribution in [0.4, 0.5) is 0 Å². The minimum Gasteiger partial charge on any atom is -0.376 e. The van der Waals surface area contributed by atoms with E-state index in [2.05, 4.69) is 27.4 Å². The van der Waals surface area contributed by atoms with Gasteiger partial charge in [0.2, 0.25) is 0 Å². The van der Waals surface area contributed by atoms with Crippen LogP contribution in [0.3, 0.4) is 0 Å². The third-order valence-electron chi connectivity index (χ3n) is 5.56. The standard InChI is InChI=1S/C21H33N5O2.HI/c1-2-26-10-4-8-18(26)14-25-21(22)24-13-16-6-3-7-17(12-16)20(27)23-15-19-9-5-11-28-19;/h3,6-7,12,18-19H,2,4-5,8-11,13-15H2,1H3,(H,23,27)(H3,22,24,25);1H. The van der Waals surface area contributed by atoms with Gasteiger partial charge >= 0.3 is 0 Å². The molecule has 1 aromatic carbocycles.